The number of fused-ring (bicyclic) bond motifs is 2. The fourth-order valence-electron chi connectivity index (χ4n) is 2.70. The molecule has 1 N–H and O–H groups in total. The predicted octanol–water partition coefficient (Wildman–Crippen LogP) is 3.84. The van der Waals surface area contributed by atoms with E-state index in [1.165, 1.54) is 0 Å². The minimum absolute atomic E-state index is 0.0302. The van der Waals surface area contributed by atoms with Crippen molar-refractivity contribution in [3.05, 3.63) is 65.9 Å². The van der Waals surface area contributed by atoms with Crippen LogP contribution in [-0.2, 0) is 0 Å². The summed E-state index contributed by atoms with van der Waals surface area (Å²) in [5.74, 6) is 1.44. The lowest BCUT2D eigenvalue weighted by Crippen LogP contribution is -2.15. The third-order valence-corrected chi connectivity index (χ3v) is 3.85. The second-order valence-electron chi connectivity index (χ2n) is 5.35. The van der Waals surface area contributed by atoms with E-state index in [0.29, 0.717) is 18.8 Å². The lowest BCUT2D eigenvalue weighted by molar-refractivity contribution is 0.104. The maximum absolute atomic E-state index is 12.4. The van der Waals surface area contributed by atoms with Crippen LogP contribution in [0.2, 0.25) is 0 Å². The Balaban J connectivity index is 1.60. The number of ether oxygens (including phenoxy) is 2. The van der Waals surface area contributed by atoms with Gasteiger partial charge in [0.2, 0.25) is 0 Å². The summed E-state index contributed by atoms with van der Waals surface area (Å²) >= 11 is 0. The van der Waals surface area contributed by atoms with Crippen molar-refractivity contribution in [2.24, 2.45) is 0 Å². The van der Waals surface area contributed by atoms with E-state index in [4.69, 9.17) is 9.47 Å². The summed E-state index contributed by atoms with van der Waals surface area (Å²) in [4.78, 5) is 15.5. The van der Waals surface area contributed by atoms with Crippen molar-refractivity contribution in [3.8, 4) is 11.5 Å². The van der Waals surface area contributed by atoms with Gasteiger partial charge in [-0.3, -0.25) is 4.79 Å². The molecule has 0 unspecified atom stereocenters. The second kappa shape index (κ2) is 5.65. The predicted molar refractivity (Wildman–Crippen MR) is 89.1 cm³/mol. The molecule has 1 aliphatic rings. The van der Waals surface area contributed by atoms with E-state index < -0.39 is 0 Å². The van der Waals surface area contributed by atoms with Gasteiger partial charge >= 0.3 is 0 Å². The van der Waals surface area contributed by atoms with E-state index in [0.717, 1.165) is 28.0 Å². The van der Waals surface area contributed by atoms with Gasteiger partial charge in [-0.1, -0.05) is 30.3 Å². The number of carbonyl (C=O) groups excluding carboxylic acids is 1. The summed E-state index contributed by atoms with van der Waals surface area (Å²) in [5, 5.41) is 0.935. The molecule has 0 fully saturated rings. The van der Waals surface area contributed by atoms with Crippen LogP contribution in [0.15, 0.2) is 54.7 Å². The van der Waals surface area contributed by atoms with Gasteiger partial charge in [0.15, 0.2) is 17.3 Å². The quantitative estimate of drug-likeness (QED) is 0.591. The van der Waals surface area contributed by atoms with Crippen LogP contribution in [0.4, 0.5) is 0 Å². The second-order valence-corrected chi connectivity index (χ2v) is 5.35. The molecule has 4 rings (SSSR count). The topological polar surface area (TPSA) is 51.3 Å². The standard InChI is InChI=1S/C19H15NO3/c21-17(15-12-20-16-4-2-1-3-14(15)16)7-5-13-6-8-18-19(11-13)23-10-9-22-18/h1-8,11-12,20H,9-10H2/b7-5+. The van der Waals surface area contributed by atoms with E-state index in [9.17, 15) is 4.79 Å². The minimum atomic E-state index is -0.0302. The summed E-state index contributed by atoms with van der Waals surface area (Å²) in [6.07, 6.45) is 5.13. The summed E-state index contributed by atoms with van der Waals surface area (Å²) in [6, 6.07) is 13.4. The average Bonchev–Trinajstić information content (AvgIpc) is 3.03. The molecular weight excluding hydrogens is 290 g/mol. The summed E-state index contributed by atoms with van der Waals surface area (Å²) in [5.41, 5.74) is 2.54. The zero-order valence-corrected chi connectivity index (χ0v) is 12.4. The molecule has 1 aliphatic heterocycles. The number of H-pyrrole nitrogens is 1. The Morgan fingerprint density at radius 3 is 2.78 bits per heavy atom. The number of para-hydroxylation sites is 1. The Morgan fingerprint density at radius 2 is 1.87 bits per heavy atom. The number of benzene rings is 2. The number of allylic oxidation sites excluding steroid dienone is 1. The molecule has 4 heteroatoms. The molecular formula is C19H15NO3. The van der Waals surface area contributed by atoms with Gasteiger partial charge in [0, 0.05) is 22.7 Å². The molecule has 0 radical (unpaired) electrons. The Morgan fingerprint density at radius 1 is 1.04 bits per heavy atom. The number of ketones is 1. The molecule has 23 heavy (non-hydrogen) atoms. The number of rotatable bonds is 3. The number of carbonyl (C=O) groups is 1. The third-order valence-electron chi connectivity index (χ3n) is 3.85. The molecule has 0 amide bonds. The fraction of sp³-hybridized carbons (Fsp3) is 0.105. The van der Waals surface area contributed by atoms with Crippen LogP contribution in [0, 0.1) is 0 Å². The highest BCUT2D eigenvalue weighted by Crippen LogP contribution is 2.31. The first-order valence-corrected chi connectivity index (χ1v) is 7.49. The molecule has 0 spiro atoms. The number of aromatic amines is 1. The maximum atomic E-state index is 12.4. The average molecular weight is 305 g/mol. The van der Waals surface area contributed by atoms with E-state index >= 15 is 0 Å². The monoisotopic (exact) mass is 305 g/mol. The highest BCUT2D eigenvalue weighted by atomic mass is 16.6. The first kappa shape index (κ1) is 13.6. The fourth-order valence-corrected chi connectivity index (χ4v) is 2.70. The van der Waals surface area contributed by atoms with Crippen LogP contribution >= 0.6 is 0 Å². The molecule has 2 heterocycles. The van der Waals surface area contributed by atoms with Crippen LogP contribution in [0.25, 0.3) is 17.0 Å². The van der Waals surface area contributed by atoms with Gasteiger partial charge in [-0.25, -0.2) is 0 Å². The maximum Gasteiger partial charge on any atom is 0.187 e. The van der Waals surface area contributed by atoms with Gasteiger partial charge in [-0.15, -0.1) is 0 Å². The zero-order valence-electron chi connectivity index (χ0n) is 12.4. The van der Waals surface area contributed by atoms with Crippen molar-refractivity contribution >= 4 is 22.8 Å². The van der Waals surface area contributed by atoms with E-state index in [-0.39, 0.29) is 5.78 Å². The highest BCUT2D eigenvalue weighted by molar-refractivity contribution is 6.14. The summed E-state index contributed by atoms with van der Waals surface area (Å²) in [7, 11) is 0. The molecule has 0 bridgehead atoms. The minimum Gasteiger partial charge on any atom is -0.486 e. The third kappa shape index (κ3) is 2.59. The van der Waals surface area contributed by atoms with E-state index in [1.807, 2.05) is 42.5 Å². The van der Waals surface area contributed by atoms with Crippen LogP contribution in [-0.4, -0.2) is 24.0 Å². The van der Waals surface area contributed by atoms with Crippen molar-refractivity contribution < 1.29 is 14.3 Å². The first-order valence-electron chi connectivity index (χ1n) is 7.49. The van der Waals surface area contributed by atoms with Gasteiger partial charge in [0.25, 0.3) is 0 Å². The van der Waals surface area contributed by atoms with Crippen molar-refractivity contribution in [3.63, 3.8) is 0 Å². The van der Waals surface area contributed by atoms with Crippen LogP contribution in [0.5, 0.6) is 11.5 Å². The lowest BCUT2D eigenvalue weighted by Gasteiger charge is -2.18. The van der Waals surface area contributed by atoms with Crippen LogP contribution in [0.3, 0.4) is 0 Å². The number of aromatic nitrogens is 1. The normalized spacial score (nSPS) is 13.6. The molecule has 114 valence electrons. The van der Waals surface area contributed by atoms with E-state index in [1.54, 1.807) is 18.3 Å². The summed E-state index contributed by atoms with van der Waals surface area (Å²) in [6.45, 7) is 1.12. The Kier molecular flexibility index (Phi) is 3.35. The Bertz CT molecular complexity index is 908. The number of hydrogen-bond acceptors (Lipinski definition) is 3. The Labute approximate surface area is 133 Å². The SMILES string of the molecule is O=C(/C=C/c1ccc2c(c1)OCCO2)c1c[nH]c2ccccc12. The number of nitrogens with one attached hydrogen (secondary N) is 1. The molecule has 1 aromatic heterocycles. The number of hydrogen-bond donors (Lipinski definition) is 1. The van der Waals surface area contributed by atoms with Gasteiger partial charge in [-0.05, 0) is 29.8 Å². The van der Waals surface area contributed by atoms with Crippen LogP contribution < -0.4 is 9.47 Å². The van der Waals surface area contributed by atoms with Crippen molar-refractivity contribution in [1.29, 1.82) is 0 Å². The molecule has 0 atom stereocenters. The first-order chi connectivity index (χ1) is 11.3. The smallest absolute Gasteiger partial charge is 0.187 e. The molecule has 2 aromatic carbocycles. The molecule has 3 aromatic rings. The summed E-state index contributed by atoms with van der Waals surface area (Å²) < 4.78 is 11.0. The van der Waals surface area contributed by atoms with Gasteiger partial charge < -0.3 is 14.5 Å². The molecule has 0 saturated heterocycles. The molecule has 0 saturated carbocycles. The lowest BCUT2D eigenvalue weighted by atomic mass is 10.1. The largest absolute Gasteiger partial charge is 0.486 e. The molecule has 0 aliphatic carbocycles. The van der Waals surface area contributed by atoms with Gasteiger partial charge in [0.05, 0.1) is 0 Å². The van der Waals surface area contributed by atoms with E-state index in [2.05, 4.69) is 4.98 Å². The zero-order chi connectivity index (χ0) is 15.6. The highest BCUT2D eigenvalue weighted by Gasteiger charge is 2.12. The van der Waals surface area contributed by atoms with Gasteiger partial charge in [0.1, 0.15) is 13.2 Å². The van der Waals surface area contributed by atoms with Crippen molar-refractivity contribution in [1.82, 2.24) is 4.98 Å². The van der Waals surface area contributed by atoms with Crippen molar-refractivity contribution in [2.45, 2.75) is 0 Å². The van der Waals surface area contributed by atoms with Crippen LogP contribution in [0.1, 0.15) is 15.9 Å². The molecule has 4 nitrogen and oxygen atoms in total. The van der Waals surface area contributed by atoms with Crippen molar-refractivity contribution in [2.75, 3.05) is 13.2 Å². The van der Waals surface area contributed by atoms with Gasteiger partial charge in [-0.2, -0.15) is 0 Å². The Hall–Kier alpha value is -3.01.